The van der Waals surface area contributed by atoms with Gasteiger partial charge >= 0.3 is 0 Å². The molecule has 0 amide bonds. The molecule has 94 valence electrons. The molecular weight excluding hydrogens is 244 g/mol. The maximum absolute atomic E-state index is 5.57. The van der Waals surface area contributed by atoms with E-state index in [1.807, 2.05) is 24.3 Å². The lowest BCUT2D eigenvalue weighted by atomic mass is 9.98. The lowest BCUT2D eigenvalue weighted by Gasteiger charge is -2.08. The zero-order valence-corrected chi connectivity index (χ0v) is 11.2. The molecule has 1 unspecified atom stereocenters. The van der Waals surface area contributed by atoms with Crippen molar-refractivity contribution in [1.29, 1.82) is 0 Å². The molecule has 0 aliphatic carbocycles. The number of rotatable bonds is 6. The average Bonchev–Trinajstić information content (AvgIpc) is 2.85. The lowest BCUT2D eigenvalue weighted by Crippen LogP contribution is -1.98. The molecule has 0 aliphatic heterocycles. The highest BCUT2D eigenvalue weighted by atomic mass is 32.2. The van der Waals surface area contributed by atoms with E-state index in [0.29, 0.717) is 17.0 Å². The Labute approximate surface area is 111 Å². The van der Waals surface area contributed by atoms with Crippen molar-refractivity contribution in [2.75, 3.05) is 5.75 Å². The summed E-state index contributed by atoms with van der Waals surface area (Å²) in [7, 11) is 0. The van der Waals surface area contributed by atoms with Crippen LogP contribution in [0.2, 0.25) is 0 Å². The summed E-state index contributed by atoms with van der Waals surface area (Å²) >= 11 is 1.51. The van der Waals surface area contributed by atoms with Crippen LogP contribution >= 0.6 is 11.8 Å². The van der Waals surface area contributed by atoms with E-state index in [0.717, 1.165) is 12.2 Å². The minimum Gasteiger partial charge on any atom is -0.416 e. The van der Waals surface area contributed by atoms with E-state index in [-0.39, 0.29) is 0 Å². The third kappa shape index (κ3) is 3.47. The average molecular weight is 260 g/mol. The van der Waals surface area contributed by atoms with Gasteiger partial charge in [0.15, 0.2) is 0 Å². The number of benzene rings is 1. The molecule has 3 nitrogen and oxygen atoms in total. The van der Waals surface area contributed by atoms with Gasteiger partial charge in [-0.15, -0.1) is 16.8 Å². The van der Waals surface area contributed by atoms with Crippen molar-refractivity contribution in [3.8, 4) is 0 Å². The Bertz CT molecular complexity index is 496. The predicted octanol–water partition coefficient (Wildman–Crippen LogP) is 3.69. The summed E-state index contributed by atoms with van der Waals surface area (Å²) in [6.07, 6.45) is 2.59. The number of nitrogens with zero attached hydrogens (tertiary/aromatic N) is 2. The molecule has 2 rings (SSSR count). The van der Waals surface area contributed by atoms with Gasteiger partial charge in [-0.25, -0.2) is 0 Å². The fourth-order valence-corrected chi connectivity index (χ4v) is 2.18. The molecule has 1 aromatic heterocycles. The Morgan fingerprint density at radius 1 is 1.33 bits per heavy atom. The fourth-order valence-electron chi connectivity index (χ4n) is 1.67. The number of thioether (sulfide) groups is 1. The maximum Gasteiger partial charge on any atom is 0.276 e. The third-order valence-corrected chi connectivity index (χ3v) is 3.44. The van der Waals surface area contributed by atoms with Crippen LogP contribution in [0.4, 0.5) is 0 Å². The van der Waals surface area contributed by atoms with Gasteiger partial charge in [-0.1, -0.05) is 55.1 Å². The molecule has 1 aromatic carbocycles. The summed E-state index contributed by atoms with van der Waals surface area (Å²) in [5.41, 5.74) is 1.29. The zero-order valence-electron chi connectivity index (χ0n) is 10.4. The van der Waals surface area contributed by atoms with Gasteiger partial charge in [0.1, 0.15) is 0 Å². The summed E-state index contributed by atoms with van der Waals surface area (Å²) in [6.45, 7) is 5.82. The molecule has 1 atom stereocenters. The van der Waals surface area contributed by atoms with Crippen LogP contribution < -0.4 is 0 Å². The largest absolute Gasteiger partial charge is 0.416 e. The zero-order chi connectivity index (χ0) is 12.8. The first-order chi connectivity index (χ1) is 8.79. The minimum absolute atomic E-state index is 0.379. The van der Waals surface area contributed by atoms with Crippen LogP contribution in [0.3, 0.4) is 0 Å². The summed E-state index contributed by atoms with van der Waals surface area (Å²) in [5.74, 6) is 1.86. The van der Waals surface area contributed by atoms with Gasteiger partial charge in [-0.05, 0) is 11.5 Å². The molecule has 18 heavy (non-hydrogen) atoms. The van der Waals surface area contributed by atoms with Crippen molar-refractivity contribution in [2.45, 2.75) is 24.5 Å². The van der Waals surface area contributed by atoms with Gasteiger partial charge in [0.25, 0.3) is 5.22 Å². The fraction of sp³-hybridized carbons (Fsp3) is 0.286. The first-order valence-corrected chi connectivity index (χ1v) is 6.89. The highest BCUT2D eigenvalue weighted by Gasteiger charge is 2.12. The summed E-state index contributed by atoms with van der Waals surface area (Å²) < 4.78 is 5.57. The normalized spacial score (nSPS) is 12.3. The van der Waals surface area contributed by atoms with Crippen LogP contribution in [0.25, 0.3) is 0 Å². The molecule has 0 saturated carbocycles. The standard InChI is InChI=1S/C14H16N2OS/c1-3-9-18-14-16-15-13(17-14)10-11(2)12-7-5-4-6-8-12/h3-8,11H,1,9-10H2,2H3. The summed E-state index contributed by atoms with van der Waals surface area (Å²) in [4.78, 5) is 0. The highest BCUT2D eigenvalue weighted by Crippen LogP contribution is 2.22. The van der Waals surface area contributed by atoms with Gasteiger partial charge in [-0.3, -0.25) is 0 Å². The van der Waals surface area contributed by atoms with E-state index >= 15 is 0 Å². The molecule has 0 N–H and O–H groups in total. The second kappa shape index (κ2) is 6.40. The molecule has 0 fully saturated rings. The van der Waals surface area contributed by atoms with Crippen LogP contribution in [0.5, 0.6) is 0 Å². The van der Waals surface area contributed by atoms with Crippen molar-refractivity contribution in [3.63, 3.8) is 0 Å². The quantitative estimate of drug-likeness (QED) is 0.586. The van der Waals surface area contributed by atoms with Gasteiger partial charge in [0.2, 0.25) is 5.89 Å². The Balaban J connectivity index is 1.97. The predicted molar refractivity (Wildman–Crippen MR) is 73.8 cm³/mol. The van der Waals surface area contributed by atoms with E-state index in [1.54, 1.807) is 0 Å². The molecule has 0 bridgehead atoms. The Morgan fingerprint density at radius 2 is 2.11 bits per heavy atom. The molecule has 0 aliphatic rings. The van der Waals surface area contributed by atoms with Crippen molar-refractivity contribution in [2.24, 2.45) is 0 Å². The Hall–Kier alpha value is -1.55. The van der Waals surface area contributed by atoms with Crippen LogP contribution in [0.1, 0.15) is 24.3 Å². The van der Waals surface area contributed by atoms with Crippen LogP contribution in [-0.4, -0.2) is 16.0 Å². The van der Waals surface area contributed by atoms with Crippen molar-refractivity contribution in [3.05, 3.63) is 54.4 Å². The molecule has 0 radical (unpaired) electrons. The second-order valence-corrected chi connectivity index (χ2v) is 5.05. The molecule has 2 aromatic rings. The monoisotopic (exact) mass is 260 g/mol. The molecule has 0 saturated heterocycles. The van der Waals surface area contributed by atoms with Crippen molar-refractivity contribution >= 4 is 11.8 Å². The number of hydrogen-bond acceptors (Lipinski definition) is 4. The SMILES string of the molecule is C=CCSc1nnc(CC(C)c2ccccc2)o1. The smallest absolute Gasteiger partial charge is 0.276 e. The molecular formula is C14H16N2OS. The topological polar surface area (TPSA) is 38.9 Å². The highest BCUT2D eigenvalue weighted by molar-refractivity contribution is 7.99. The van der Waals surface area contributed by atoms with Crippen LogP contribution in [-0.2, 0) is 6.42 Å². The van der Waals surface area contributed by atoms with Crippen LogP contribution in [0, 0.1) is 0 Å². The Kier molecular flexibility index (Phi) is 4.59. The Morgan fingerprint density at radius 3 is 2.83 bits per heavy atom. The van der Waals surface area contributed by atoms with Crippen LogP contribution in [0.15, 0.2) is 52.6 Å². The summed E-state index contributed by atoms with van der Waals surface area (Å²) in [6, 6.07) is 10.4. The minimum atomic E-state index is 0.379. The summed E-state index contributed by atoms with van der Waals surface area (Å²) in [5, 5.41) is 8.68. The van der Waals surface area contributed by atoms with E-state index in [2.05, 4.69) is 35.8 Å². The van der Waals surface area contributed by atoms with Gasteiger partial charge in [-0.2, -0.15) is 0 Å². The van der Waals surface area contributed by atoms with E-state index in [1.165, 1.54) is 17.3 Å². The second-order valence-electron chi connectivity index (χ2n) is 4.08. The molecule has 4 heteroatoms. The van der Waals surface area contributed by atoms with Crippen molar-refractivity contribution in [1.82, 2.24) is 10.2 Å². The van der Waals surface area contributed by atoms with E-state index in [4.69, 9.17) is 4.42 Å². The van der Waals surface area contributed by atoms with Gasteiger partial charge in [0, 0.05) is 12.2 Å². The van der Waals surface area contributed by atoms with Crippen molar-refractivity contribution < 1.29 is 4.42 Å². The van der Waals surface area contributed by atoms with Gasteiger partial charge < -0.3 is 4.42 Å². The third-order valence-electron chi connectivity index (χ3n) is 2.62. The first-order valence-electron chi connectivity index (χ1n) is 5.90. The molecule has 1 heterocycles. The van der Waals surface area contributed by atoms with E-state index < -0.39 is 0 Å². The number of aromatic nitrogens is 2. The maximum atomic E-state index is 5.57. The molecule has 0 spiro atoms. The van der Waals surface area contributed by atoms with E-state index in [9.17, 15) is 0 Å². The first kappa shape index (κ1) is 12.9. The lowest BCUT2D eigenvalue weighted by molar-refractivity contribution is 0.405. The number of hydrogen-bond donors (Lipinski definition) is 0. The van der Waals surface area contributed by atoms with Gasteiger partial charge in [0.05, 0.1) is 0 Å².